The first kappa shape index (κ1) is 7.10. The molecule has 1 saturated heterocycles. The number of nitrogens with one attached hydrogen (secondary N) is 1. The molecule has 1 amide bonds. The SMILES string of the molecule is NC(=O)CC1CC2CNCC21. The van der Waals surface area contributed by atoms with Crippen LogP contribution in [0.25, 0.3) is 0 Å². The van der Waals surface area contributed by atoms with Crippen LogP contribution in [0.5, 0.6) is 0 Å². The number of amides is 1. The number of nitrogens with two attached hydrogens (primary N) is 1. The van der Waals surface area contributed by atoms with Gasteiger partial charge in [0, 0.05) is 6.42 Å². The van der Waals surface area contributed by atoms with Crippen molar-refractivity contribution in [3.8, 4) is 0 Å². The van der Waals surface area contributed by atoms with Crippen molar-refractivity contribution < 1.29 is 4.79 Å². The van der Waals surface area contributed by atoms with E-state index in [1.807, 2.05) is 0 Å². The van der Waals surface area contributed by atoms with E-state index in [9.17, 15) is 4.79 Å². The van der Waals surface area contributed by atoms with Gasteiger partial charge in [0.15, 0.2) is 0 Å². The summed E-state index contributed by atoms with van der Waals surface area (Å²) >= 11 is 0. The van der Waals surface area contributed by atoms with Crippen molar-refractivity contribution >= 4 is 5.91 Å². The molecule has 3 unspecified atom stereocenters. The van der Waals surface area contributed by atoms with Gasteiger partial charge in [0.25, 0.3) is 0 Å². The second kappa shape index (κ2) is 2.48. The van der Waals surface area contributed by atoms with E-state index in [1.165, 1.54) is 6.42 Å². The zero-order valence-corrected chi connectivity index (χ0v) is 6.55. The van der Waals surface area contributed by atoms with Crippen LogP contribution in [0.3, 0.4) is 0 Å². The minimum atomic E-state index is -0.139. The molecule has 0 bridgehead atoms. The highest BCUT2D eigenvalue weighted by atomic mass is 16.1. The standard InChI is InChI=1S/C8H14N2O/c9-8(11)2-5-1-6-3-10-4-7(5)6/h5-7,10H,1-4H2,(H2,9,11). The largest absolute Gasteiger partial charge is 0.370 e. The van der Waals surface area contributed by atoms with E-state index in [-0.39, 0.29) is 5.91 Å². The fraction of sp³-hybridized carbons (Fsp3) is 0.875. The maximum Gasteiger partial charge on any atom is 0.217 e. The Kier molecular flexibility index (Phi) is 1.60. The molecule has 2 rings (SSSR count). The number of hydrogen-bond donors (Lipinski definition) is 2. The van der Waals surface area contributed by atoms with Crippen LogP contribution in [0.1, 0.15) is 12.8 Å². The second-order valence-electron chi connectivity index (χ2n) is 3.75. The number of primary amides is 1. The highest BCUT2D eigenvalue weighted by Gasteiger charge is 2.43. The lowest BCUT2D eigenvalue weighted by Gasteiger charge is -2.38. The maximum absolute atomic E-state index is 10.6. The van der Waals surface area contributed by atoms with Gasteiger partial charge in [-0.2, -0.15) is 0 Å². The monoisotopic (exact) mass is 154 g/mol. The Bertz CT molecular complexity index is 181. The molecule has 1 heterocycles. The van der Waals surface area contributed by atoms with Crippen molar-refractivity contribution in [2.75, 3.05) is 13.1 Å². The molecular weight excluding hydrogens is 140 g/mol. The fourth-order valence-corrected chi connectivity index (χ4v) is 2.42. The van der Waals surface area contributed by atoms with Crippen LogP contribution in [0, 0.1) is 17.8 Å². The first-order valence-corrected chi connectivity index (χ1v) is 4.26. The van der Waals surface area contributed by atoms with Crippen LogP contribution in [0.15, 0.2) is 0 Å². The van der Waals surface area contributed by atoms with Gasteiger partial charge < -0.3 is 11.1 Å². The van der Waals surface area contributed by atoms with Crippen molar-refractivity contribution in [2.45, 2.75) is 12.8 Å². The van der Waals surface area contributed by atoms with Gasteiger partial charge in [0.1, 0.15) is 0 Å². The highest BCUT2D eigenvalue weighted by Crippen LogP contribution is 2.44. The summed E-state index contributed by atoms with van der Waals surface area (Å²) in [5, 5.41) is 3.34. The third-order valence-electron chi connectivity index (χ3n) is 3.07. The van der Waals surface area contributed by atoms with E-state index in [4.69, 9.17) is 5.73 Å². The summed E-state index contributed by atoms with van der Waals surface area (Å²) in [6.07, 6.45) is 1.81. The average Bonchev–Trinajstić information content (AvgIpc) is 2.26. The van der Waals surface area contributed by atoms with Gasteiger partial charge in [-0.3, -0.25) is 4.79 Å². The molecule has 3 nitrogen and oxygen atoms in total. The lowest BCUT2D eigenvalue weighted by Crippen LogP contribution is -2.38. The number of rotatable bonds is 2. The number of hydrogen-bond acceptors (Lipinski definition) is 2. The van der Waals surface area contributed by atoms with Gasteiger partial charge in [-0.25, -0.2) is 0 Å². The fourth-order valence-electron chi connectivity index (χ4n) is 2.42. The zero-order valence-electron chi connectivity index (χ0n) is 6.55. The minimum Gasteiger partial charge on any atom is -0.370 e. The average molecular weight is 154 g/mol. The molecule has 0 aromatic heterocycles. The van der Waals surface area contributed by atoms with Gasteiger partial charge >= 0.3 is 0 Å². The highest BCUT2D eigenvalue weighted by molar-refractivity contribution is 5.74. The van der Waals surface area contributed by atoms with Gasteiger partial charge in [-0.15, -0.1) is 0 Å². The summed E-state index contributed by atoms with van der Waals surface area (Å²) in [5.41, 5.74) is 5.13. The summed E-state index contributed by atoms with van der Waals surface area (Å²) in [6, 6.07) is 0. The summed E-state index contributed by atoms with van der Waals surface area (Å²) in [5.74, 6) is 2.05. The van der Waals surface area contributed by atoms with Crippen LogP contribution in [0.2, 0.25) is 0 Å². The summed E-state index contributed by atoms with van der Waals surface area (Å²) in [6.45, 7) is 2.25. The Balaban J connectivity index is 1.85. The Hall–Kier alpha value is -0.570. The van der Waals surface area contributed by atoms with Crippen molar-refractivity contribution in [2.24, 2.45) is 23.5 Å². The molecule has 3 heteroatoms. The lowest BCUT2D eigenvalue weighted by molar-refractivity contribution is -0.120. The van der Waals surface area contributed by atoms with Crippen LogP contribution in [-0.4, -0.2) is 19.0 Å². The summed E-state index contributed by atoms with van der Waals surface area (Å²) in [7, 11) is 0. The molecule has 2 aliphatic rings. The minimum absolute atomic E-state index is 0.139. The predicted octanol–water partition coefficient (Wildman–Crippen LogP) is -0.283. The topological polar surface area (TPSA) is 55.1 Å². The predicted molar refractivity (Wildman–Crippen MR) is 41.8 cm³/mol. The van der Waals surface area contributed by atoms with Gasteiger partial charge in [-0.1, -0.05) is 0 Å². The van der Waals surface area contributed by atoms with Crippen LogP contribution < -0.4 is 11.1 Å². The van der Waals surface area contributed by atoms with E-state index in [2.05, 4.69) is 5.32 Å². The smallest absolute Gasteiger partial charge is 0.217 e. The van der Waals surface area contributed by atoms with Crippen molar-refractivity contribution in [1.29, 1.82) is 0 Å². The second-order valence-corrected chi connectivity index (χ2v) is 3.75. The molecule has 2 fully saturated rings. The Morgan fingerprint density at radius 1 is 1.55 bits per heavy atom. The molecule has 0 aromatic rings. The molecule has 3 atom stereocenters. The normalized spacial score (nSPS) is 41.3. The molecule has 11 heavy (non-hydrogen) atoms. The van der Waals surface area contributed by atoms with E-state index in [0.717, 1.165) is 24.9 Å². The Labute approximate surface area is 66.3 Å². The van der Waals surface area contributed by atoms with Crippen molar-refractivity contribution in [3.05, 3.63) is 0 Å². The molecule has 0 radical (unpaired) electrons. The molecule has 3 N–H and O–H groups in total. The summed E-state index contributed by atoms with van der Waals surface area (Å²) in [4.78, 5) is 10.6. The van der Waals surface area contributed by atoms with Crippen LogP contribution in [-0.2, 0) is 4.79 Å². The lowest BCUT2D eigenvalue weighted by atomic mass is 9.65. The first-order valence-electron chi connectivity index (χ1n) is 4.26. The van der Waals surface area contributed by atoms with Gasteiger partial charge in [0.05, 0.1) is 0 Å². The zero-order chi connectivity index (χ0) is 7.84. The number of carbonyl (C=O) groups is 1. The molecule has 1 aliphatic heterocycles. The van der Waals surface area contributed by atoms with Gasteiger partial charge in [-0.05, 0) is 37.3 Å². The summed E-state index contributed by atoms with van der Waals surface area (Å²) < 4.78 is 0. The number of fused-ring (bicyclic) bond motifs is 1. The third kappa shape index (κ3) is 1.13. The van der Waals surface area contributed by atoms with E-state index in [1.54, 1.807) is 0 Å². The molecular formula is C8H14N2O. The maximum atomic E-state index is 10.6. The van der Waals surface area contributed by atoms with Crippen LogP contribution >= 0.6 is 0 Å². The van der Waals surface area contributed by atoms with E-state index >= 15 is 0 Å². The molecule has 1 aliphatic carbocycles. The Morgan fingerprint density at radius 3 is 3.00 bits per heavy atom. The molecule has 0 aromatic carbocycles. The van der Waals surface area contributed by atoms with Gasteiger partial charge in [0.2, 0.25) is 5.91 Å². The Morgan fingerprint density at radius 2 is 2.36 bits per heavy atom. The van der Waals surface area contributed by atoms with Crippen molar-refractivity contribution in [3.63, 3.8) is 0 Å². The molecule has 62 valence electrons. The van der Waals surface area contributed by atoms with E-state index < -0.39 is 0 Å². The van der Waals surface area contributed by atoms with Crippen molar-refractivity contribution in [1.82, 2.24) is 5.32 Å². The third-order valence-corrected chi connectivity index (χ3v) is 3.07. The van der Waals surface area contributed by atoms with E-state index in [0.29, 0.717) is 12.3 Å². The number of carbonyl (C=O) groups excluding carboxylic acids is 1. The first-order chi connectivity index (χ1) is 5.27. The van der Waals surface area contributed by atoms with Crippen LogP contribution in [0.4, 0.5) is 0 Å². The quantitative estimate of drug-likeness (QED) is 0.574. The molecule has 1 saturated carbocycles. The molecule has 0 spiro atoms.